The van der Waals surface area contributed by atoms with E-state index < -0.39 is 0 Å². The van der Waals surface area contributed by atoms with Crippen LogP contribution in [0.4, 0.5) is 5.69 Å². The van der Waals surface area contributed by atoms with Crippen LogP contribution in [-0.4, -0.2) is 31.9 Å². The molecule has 1 unspecified atom stereocenters. The average Bonchev–Trinajstić information content (AvgIpc) is 2.61. The summed E-state index contributed by atoms with van der Waals surface area (Å²) in [5, 5.41) is 2.89. The van der Waals surface area contributed by atoms with E-state index in [1.54, 1.807) is 31.4 Å². The monoisotopic (exact) mass is 341 g/mol. The highest BCUT2D eigenvalue weighted by molar-refractivity contribution is 5.97. The molecule has 5 nitrogen and oxygen atoms in total. The number of carbonyl (C=O) groups excluding carboxylic acids is 2. The standard InChI is InChI=1S/C20H24N2O3/c1-14(22(3)13-16-7-5-10-19(11-16)25-4)20(24)21-18-9-6-8-17(12-18)15(2)23/h5-12,14H,13H2,1-4H3,(H,21,24)/p+1/t14-/m1/s1. The molecule has 0 bridgehead atoms. The molecule has 1 amide bonds. The van der Waals surface area contributed by atoms with Crippen molar-refractivity contribution in [2.45, 2.75) is 26.4 Å². The molecule has 0 spiro atoms. The third kappa shape index (κ3) is 5.16. The van der Waals surface area contributed by atoms with Gasteiger partial charge in [-0.05, 0) is 38.1 Å². The molecule has 0 saturated heterocycles. The molecule has 0 aromatic heterocycles. The van der Waals surface area contributed by atoms with Crippen molar-refractivity contribution in [3.05, 3.63) is 59.7 Å². The van der Waals surface area contributed by atoms with Gasteiger partial charge in [0.2, 0.25) is 0 Å². The molecule has 0 aliphatic carbocycles. The van der Waals surface area contributed by atoms with Crippen LogP contribution in [0.1, 0.15) is 29.8 Å². The van der Waals surface area contributed by atoms with Gasteiger partial charge in [-0.3, -0.25) is 9.59 Å². The van der Waals surface area contributed by atoms with Gasteiger partial charge >= 0.3 is 0 Å². The summed E-state index contributed by atoms with van der Waals surface area (Å²) in [6, 6.07) is 14.6. The fourth-order valence-corrected chi connectivity index (χ4v) is 2.55. The largest absolute Gasteiger partial charge is 0.497 e. The number of amides is 1. The summed E-state index contributed by atoms with van der Waals surface area (Å²) >= 11 is 0. The predicted octanol–water partition coefficient (Wildman–Crippen LogP) is 1.94. The maximum Gasteiger partial charge on any atom is 0.282 e. The van der Waals surface area contributed by atoms with Crippen LogP contribution in [0.25, 0.3) is 0 Å². The number of anilines is 1. The average molecular weight is 341 g/mol. The van der Waals surface area contributed by atoms with Crippen molar-refractivity contribution in [1.29, 1.82) is 0 Å². The van der Waals surface area contributed by atoms with Crippen molar-refractivity contribution in [3.63, 3.8) is 0 Å². The lowest BCUT2D eigenvalue weighted by Gasteiger charge is -2.21. The number of likely N-dealkylation sites (N-methyl/N-ethyl adjacent to an activating group) is 1. The van der Waals surface area contributed by atoms with Crippen LogP contribution < -0.4 is 15.0 Å². The summed E-state index contributed by atoms with van der Waals surface area (Å²) in [6.07, 6.45) is 0. The summed E-state index contributed by atoms with van der Waals surface area (Å²) in [6.45, 7) is 4.11. The van der Waals surface area contributed by atoms with Crippen LogP contribution in [0.5, 0.6) is 5.75 Å². The summed E-state index contributed by atoms with van der Waals surface area (Å²) in [4.78, 5) is 25.0. The van der Waals surface area contributed by atoms with E-state index in [-0.39, 0.29) is 17.7 Å². The minimum atomic E-state index is -0.243. The zero-order chi connectivity index (χ0) is 18.4. The van der Waals surface area contributed by atoms with E-state index in [2.05, 4.69) is 5.32 Å². The number of methoxy groups -OCH3 is 1. The maximum absolute atomic E-state index is 12.5. The molecule has 2 N–H and O–H groups in total. The topological polar surface area (TPSA) is 59.8 Å². The number of carbonyl (C=O) groups is 2. The maximum atomic E-state index is 12.5. The molecule has 0 saturated carbocycles. The Morgan fingerprint density at radius 1 is 1.16 bits per heavy atom. The van der Waals surface area contributed by atoms with Crippen LogP contribution in [-0.2, 0) is 11.3 Å². The number of quaternary nitrogens is 1. The van der Waals surface area contributed by atoms with Gasteiger partial charge in [0, 0.05) is 16.8 Å². The lowest BCUT2D eigenvalue weighted by Crippen LogP contribution is -3.12. The predicted molar refractivity (Wildman–Crippen MR) is 98.1 cm³/mol. The van der Waals surface area contributed by atoms with Gasteiger partial charge in [-0.2, -0.15) is 0 Å². The van der Waals surface area contributed by atoms with E-state index >= 15 is 0 Å². The molecular formula is C20H25N2O3+. The lowest BCUT2D eigenvalue weighted by atomic mass is 10.1. The second kappa shape index (κ2) is 8.44. The number of hydrogen-bond acceptors (Lipinski definition) is 3. The molecule has 0 fully saturated rings. The summed E-state index contributed by atoms with van der Waals surface area (Å²) < 4.78 is 5.24. The Morgan fingerprint density at radius 3 is 2.56 bits per heavy atom. The Balaban J connectivity index is 2.01. The van der Waals surface area contributed by atoms with Crippen LogP contribution in [0.2, 0.25) is 0 Å². The van der Waals surface area contributed by atoms with Crippen molar-refractivity contribution >= 4 is 17.4 Å². The Labute approximate surface area is 148 Å². The molecule has 2 atom stereocenters. The molecule has 0 radical (unpaired) electrons. The van der Waals surface area contributed by atoms with Crippen LogP contribution in [0.15, 0.2) is 48.5 Å². The molecule has 2 aromatic carbocycles. The minimum Gasteiger partial charge on any atom is -0.497 e. The molecule has 132 valence electrons. The first kappa shape index (κ1) is 18.7. The zero-order valence-corrected chi connectivity index (χ0v) is 15.1. The molecule has 25 heavy (non-hydrogen) atoms. The van der Waals surface area contributed by atoms with E-state index in [1.807, 2.05) is 38.2 Å². The van der Waals surface area contributed by atoms with Gasteiger partial charge in [-0.1, -0.05) is 24.3 Å². The molecule has 5 heteroatoms. The first-order chi connectivity index (χ1) is 11.9. The number of nitrogens with one attached hydrogen (secondary N) is 2. The second-order valence-electron chi connectivity index (χ2n) is 6.22. The third-order valence-corrected chi connectivity index (χ3v) is 4.29. The van der Waals surface area contributed by atoms with E-state index in [0.29, 0.717) is 17.8 Å². The fourth-order valence-electron chi connectivity index (χ4n) is 2.55. The van der Waals surface area contributed by atoms with Gasteiger partial charge < -0.3 is 15.0 Å². The molecular weight excluding hydrogens is 316 g/mol. The highest BCUT2D eigenvalue weighted by Gasteiger charge is 2.22. The normalized spacial score (nSPS) is 13.0. The summed E-state index contributed by atoms with van der Waals surface area (Å²) in [5.41, 5.74) is 2.33. The van der Waals surface area contributed by atoms with Crippen molar-refractivity contribution in [1.82, 2.24) is 0 Å². The molecule has 0 heterocycles. The summed E-state index contributed by atoms with van der Waals surface area (Å²) in [5.74, 6) is 0.703. The number of benzene rings is 2. The van der Waals surface area contributed by atoms with Gasteiger partial charge in [0.25, 0.3) is 5.91 Å². The minimum absolute atomic E-state index is 0.0232. The molecule has 2 rings (SSSR count). The van der Waals surface area contributed by atoms with E-state index in [9.17, 15) is 9.59 Å². The summed E-state index contributed by atoms with van der Waals surface area (Å²) in [7, 11) is 3.62. The zero-order valence-electron chi connectivity index (χ0n) is 15.1. The Hall–Kier alpha value is -2.66. The van der Waals surface area contributed by atoms with Crippen molar-refractivity contribution in [3.8, 4) is 5.75 Å². The van der Waals surface area contributed by atoms with Gasteiger partial charge in [0.15, 0.2) is 11.8 Å². The first-order valence-corrected chi connectivity index (χ1v) is 8.28. The van der Waals surface area contributed by atoms with E-state index in [0.717, 1.165) is 16.2 Å². The SMILES string of the molecule is COc1cccc(C[NH+](C)[C@H](C)C(=O)Nc2cccc(C(C)=O)c2)c1. The van der Waals surface area contributed by atoms with Gasteiger partial charge in [-0.15, -0.1) is 0 Å². The lowest BCUT2D eigenvalue weighted by molar-refractivity contribution is -0.907. The number of hydrogen-bond donors (Lipinski definition) is 2. The van der Waals surface area contributed by atoms with Crippen LogP contribution in [0.3, 0.4) is 0 Å². The van der Waals surface area contributed by atoms with Crippen LogP contribution >= 0.6 is 0 Å². The van der Waals surface area contributed by atoms with Crippen molar-refractivity contribution in [2.75, 3.05) is 19.5 Å². The Bertz CT molecular complexity index is 758. The number of Topliss-reactive ketones (excluding diaryl/α,β-unsaturated/α-hetero) is 1. The van der Waals surface area contributed by atoms with Gasteiger partial charge in [0.05, 0.1) is 14.2 Å². The fraction of sp³-hybridized carbons (Fsp3) is 0.300. The van der Waals surface area contributed by atoms with Gasteiger partial charge in [-0.25, -0.2) is 0 Å². The number of ketones is 1. The molecule has 0 aliphatic rings. The van der Waals surface area contributed by atoms with Gasteiger partial charge in [0.1, 0.15) is 12.3 Å². The first-order valence-electron chi connectivity index (χ1n) is 8.28. The Kier molecular flexibility index (Phi) is 6.31. The molecule has 0 aliphatic heterocycles. The highest BCUT2D eigenvalue weighted by atomic mass is 16.5. The number of rotatable bonds is 7. The number of ether oxygens (including phenoxy) is 1. The van der Waals surface area contributed by atoms with E-state index in [1.165, 1.54) is 6.92 Å². The van der Waals surface area contributed by atoms with Crippen molar-refractivity contribution < 1.29 is 19.2 Å². The van der Waals surface area contributed by atoms with E-state index in [4.69, 9.17) is 4.74 Å². The smallest absolute Gasteiger partial charge is 0.282 e. The Morgan fingerprint density at radius 2 is 1.88 bits per heavy atom. The third-order valence-electron chi connectivity index (χ3n) is 4.29. The molecule has 2 aromatic rings. The highest BCUT2D eigenvalue weighted by Crippen LogP contribution is 2.12. The van der Waals surface area contributed by atoms with Crippen LogP contribution in [0, 0.1) is 0 Å². The second-order valence-corrected chi connectivity index (χ2v) is 6.22. The van der Waals surface area contributed by atoms with Crippen molar-refractivity contribution in [2.24, 2.45) is 0 Å². The quantitative estimate of drug-likeness (QED) is 0.757.